The number of aliphatic carboxylic acids is 2. The summed E-state index contributed by atoms with van der Waals surface area (Å²) in [6.07, 6.45) is -0.192. The first-order valence-corrected chi connectivity index (χ1v) is 12.1. The largest absolute Gasteiger partial charge is 0.481 e. The minimum atomic E-state index is -1.13. The maximum Gasteiger partial charge on any atom is 0.329 e. The van der Waals surface area contributed by atoms with Crippen molar-refractivity contribution in [3.05, 3.63) is 108 Å². The molecule has 0 unspecified atom stereocenters. The first kappa shape index (κ1) is 28.1. The Balaban J connectivity index is 0.000000230. The number of carboxylic acids is 2. The number of amides is 1. The van der Waals surface area contributed by atoms with Crippen molar-refractivity contribution in [3.8, 4) is 0 Å². The number of nitrogens with zero attached hydrogens (tertiary/aromatic N) is 1. The van der Waals surface area contributed by atoms with Crippen LogP contribution in [0, 0.1) is 0 Å². The Morgan fingerprint density at radius 1 is 0.816 bits per heavy atom. The van der Waals surface area contributed by atoms with E-state index < -0.39 is 30.4 Å². The molecule has 0 radical (unpaired) electrons. The molecule has 3 aromatic carbocycles. The van der Waals surface area contributed by atoms with Gasteiger partial charge >= 0.3 is 17.9 Å². The van der Waals surface area contributed by atoms with Crippen LogP contribution in [0.25, 0.3) is 0 Å². The molecular weight excluding hydrogens is 488 g/mol. The number of β-lactam (4-membered cyclic amide) rings is 1. The molecule has 0 aliphatic carbocycles. The van der Waals surface area contributed by atoms with Crippen LogP contribution in [0.4, 0.5) is 0 Å². The smallest absolute Gasteiger partial charge is 0.329 e. The van der Waals surface area contributed by atoms with Crippen LogP contribution in [0.5, 0.6) is 0 Å². The van der Waals surface area contributed by atoms with E-state index in [4.69, 9.17) is 9.84 Å². The van der Waals surface area contributed by atoms with Gasteiger partial charge in [-0.05, 0) is 16.7 Å². The minimum Gasteiger partial charge on any atom is -0.481 e. The third kappa shape index (κ3) is 9.18. The molecule has 1 heterocycles. The van der Waals surface area contributed by atoms with E-state index in [9.17, 15) is 24.3 Å². The van der Waals surface area contributed by atoms with E-state index in [2.05, 4.69) is 5.32 Å². The molecular formula is C29H30N2O7. The number of rotatable bonds is 11. The van der Waals surface area contributed by atoms with Crippen molar-refractivity contribution in [1.29, 1.82) is 0 Å². The molecule has 1 aliphatic heterocycles. The molecule has 38 heavy (non-hydrogen) atoms. The van der Waals surface area contributed by atoms with E-state index in [-0.39, 0.29) is 24.9 Å². The number of hydrogen-bond donors (Lipinski definition) is 3. The summed E-state index contributed by atoms with van der Waals surface area (Å²) >= 11 is 0. The predicted octanol–water partition coefficient (Wildman–Crippen LogP) is 3.24. The summed E-state index contributed by atoms with van der Waals surface area (Å²) in [5.41, 5.74) is 2.83. The molecule has 9 heteroatoms. The number of carbonyl (C=O) groups is 4. The molecule has 9 nitrogen and oxygen atoms in total. The monoisotopic (exact) mass is 518 g/mol. The molecule has 0 bridgehead atoms. The molecule has 0 saturated carbocycles. The van der Waals surface area contributed by atoms with Gasteiger partial charge in [0.15, 0.2) is 0 Å². The Kier molecular flexibility index (Phi) is 10.6. The maximum atomic E-state index is 11.6. The summed E-state index contributed by atoms with van der Waals surface area (Å²) in [7, 11) is 0. The van der Waals surface area contributed by atoms with Crippen LogP contribution in [0.2, 0.25) is 0 Å². The fourth-order valence-corrected chi connectivity index (χ4v) is 3.78. The standard InChI is InChI=1S/C18H19NO4.C11H11NO3/c20-17(21)11-16(18(22)23)19(12-14-7-3-1-4-8-14)13-15-9-5-2-6-10-15;13-10-6-9(12-10)11(14)15-7-8-4-2-1-3-5-8/h1-10,16H,11-13H2,(H,20,21)(H,22,23);1-5,9H,6-7H2,(H,12,13)/t16-;9-/m11/s1. The van der Waals surface area contributed by atoms with Gasteiger partial charge in [-0.15, -0.1) is 0 Å². The van der Waals surface area contributed by atoms with Gasteiger partial charge in [-0.2, -0.15) is 0 Å². The highest BCUT2D eigenvalue weighted by Crippen LogP contribution is 2.16. The van der Waals surface area contributed by atoms with Gasteiger partial charge in [-0.1, -0.05) is 91.0 Å². The molecule has 198 valence electrons. The average molecular weight is 519 g/mol. The number of benzene rings is 3. The van der Waals surface area contributed by atoms with Crippen molar-refractivity contribution >= 4 is 23.8 Å². The van der Waals surface area contributed by atoms with Crippen molar-refractivity contribution < 1.29 is 34.1 Å². The minimum absolute atomic E-state index is 0.100. The maximum absolute atomic E-state index is 11.6. The van der Waals surface area contributed by atoms with Crippen LogP contribution in [-0.2, 0) is 43.6 Å². The molecule has 0 spiro atoms. The van der Waals surface area contributed by atoms with Gasteiger partial charge in [0.1, 0.15) is 18.7 Å². The van der Waals surface area contributed by atoms with Gasteiger partial charge in [-0.3, -0.25) is 19.3 Å². The quantitative estimate of drug-likeness (QED) is 0.260. The molecule has 3 N–H and O–H groups in total. The highest BCUT2D eigenvalue weighted by molar-refractivity contribution is 5.94. The van der Waals surface area contributed by atoms with E-state index in [1.807, 2.05) is 91.0 Å². The summed E-state index contributed by atoms with van der Waals surface area (Å²) in [4.78, 5) is 46.1. The van der Waals surface area contributed by atoms with Crippen LogP contribution in [0.15, 0.2) is 91.0 Å². The summed E-state index contributed by atoms with van der Waals surface area (Å²) in [5.74, 6) is -2.71. The molecule has 0 aromatic heterocycles. The fourth-order valence-electron chi connectivity index (χ4n) is 3.78. The van der Waals surface area contributed by atoms with Gasteiger partial charge in [-0.25, -0.2) is 4.79 Å². The molecule has 2 atom stereocenters. The first-order valence-electron chi connectivity index (χ1n) is 12.1. The average Bonchev–Trinajstić information content (AvgIpc) is 2.90. The van der Waals surface area contributed by atoms with E-state index >= 15 is 0 Å². The lowest BCUT2D eigenvalue weighted by atomic mass is 10.1. The van der Waals surface area contributed by atoms with Crippen LogP contribution < -0.4 is 5.32 Å². The Morgan fingerprint density at radius 3 is 1.66 bits per heavy atom. The number of ether oxygens (including phenoxy) is 1. The van der Waals surface area contributed by atoms with Gasteiger partial charge in [0.25, 0.3) is 0 Å². The van der Waals surface area contributed by atoms with Gasteiger partial charge in [0.2, 0.25) is 5.91 Å². The second-order valence-corrected chi connectivity index (χ2v) is 8.75. The second-order valence-electron chi connectivity index (χ2n) is 8.75. The van der Waals surface area contributed by atoms with Crippen LogP contribution in [0.1, 0.15) is 29.5 Å². The highest BCUT2D eigenvalue weighted by Gasteiger charge is 2.33. The number of hydrogen-bond acceptors (Lipinski definition) is 6. The SMILES string of the molecule is O=C(O)C[C@H](C(=O)O)N(Cc1ccccc1)Cc1ccccc1.O=C1C[C@H](C(=O)OCc2ccccc2)N1. The van der Waals surface area contributed by atoms with Crippen molar-refractivity contribution in [2.45, 2.75) is 44.6 Å². The van der Waals surface area contributed by atoms with Crippen LogP contribution in [-0.4, -0.2) is 51.0 Å². The normalized spacial score (nSPS) is 14.8. The van der Waals surface area contributed by atoms with Crippen molar-refractivity contribution in [2.75, 3.05) is 0 Å². The molecule has 1 amide bonds. The molecule has 4 rings (SSSR count). The van der Waals surface area contributed by atoms with Gasteiger partial charge < -0.3 is 20.3 Å². The highest BCUT2D eigenvalue weighted by atomic mass is 16.5. The summed E-state index contributed by atoms with van der Waals surface area (Å²) in [6.45, 7) is 1.01. The molecule has 1 saturated heterocycles. The van der Waals surface area contributed by atoms with Crippen molar-refractivity contribution in [2.24, 2.45) is 0 Å². The fraction of sp³-hybridized carbons (Fsp3) is 0.241. The molecule has 1 aliphatic rings. The molecule has 3 aromatic rings. The third-order valence-electron chi connectivity index (χ3n) is 5.78. The number of nitrogens with one attached hydrogen (secondary N) is 1. The predicted molar refractivity (Wildman–Crippen MR) is 139 cm³/mol. The molecule has 1 fully saturated rings. The zero-order chi connectivity index (χ0) is 27.3. The third-order valence-corrected chi connectivity index (χ3v) is 5.78. The summed E-state index contributed by atoms with van der Waals surface area (Å²) in [5, 5.41) is 20.9. The first-order chi connectivity index (χ1) is 18.3. The van der Waals surface area contributed by atoms with Crippen LogP contribution in [0.3, 0.4) is 0 Å². The number of esters is 1. The lowest BCUT2D eigenvalue weighted by Crippen LogP contribution is -2.53. The number of carboxylic acid groups (broad SMARTS) is 2. The van der Waals surface area contributed by atoms with E-state index in [0.717, 1.165) is 16.7 Å². The Morgan fingerprint density at radius 2 is 1.26 bits per heavy atom. The van der Waals surface area contributed by atoms with E-state index in [1.165, 1.54) is 0 Å². The van der Waals surface area contributed by atoms with Crippen LogP contribution >= 0.6 is 0 Å². The second kappa shape index (κ2) is 14.3. The van der Waals surface area contributed by atoms with E-state index in [0.29, 0.717) is 13.1 Å². The lowest BCUT2D eigenvalue weighted by molar-refractivity contribution is -0.154. The van der Waals surface area contributed by atoms with E-state index in [1.54, 1.807) is 4.90 Å². The zero-order valence-corrected chi connectivity index (χ0v) is 20.7. The van der Waals surface area contributed by atoms with Gasteiger partial charge in [0, 0.05) is 13.1 Å². The summed E-state index contributed by atoms with van der Waals surface area (Å²) in [6, 6.07) is 26.8. The lowest BCUT2D eigenvalue weighted by Gasteiger charge is -2.28. The zero-order valence-electron chi connectivity index (χ0n) is 20.7. The Hall–Kier alpha value is -4.50. The van der Waals surface area contributed by atoms with Crippen molar-refractivity contribution in [3.63, 3.8) is 0 Å². The summed E-state index contributed by atoms with van der Waals surface area (Å²) < 4.78 is 5.03. The van der Waals surface area contributed by atoms with Crippen molar-refractivity contribution in [1.82, 2.24) is 10.2 Å². The Bertz CT molecular complexity index is 1150. The van der Waals surface area contributed by atoms with Gasteiger partial charge in [0.05, 0.1) is 12.8 Å². The Labute approximate surface area is 220 Å². The topological polar surface area (TPSA) is 133 Å². The number of carbonyl (C=O) groups excluding carboxylic acids is 2.